The molecule has 0 unspecified atom stereocenters. The quantitative estimate of drug-likeness (QED) is 0.434. The average Bonchev–Trinajstić information content (AvgIpc) is 2.49. The fourth-order valence-corrected chi connectivity index (χ4v) is 1.61. The van der Waals surface area contributed by atoms with Gasteiger partial charge in [0.25, 0.3) is 0 Å². The molecule has 0 atom stereocenters. The molecule has 0 N–H and O–H groups in total. The number of allylic oxidation sites excluding steroid dienone is 1. The number of esters is 1. The Kier molecular flexibility index (Phi) is 6.77. The third kappa shape index (κ3) is 5.96. The van der Waals surface area contributed by atoms with E-state index in [0.29, 0.717) is 31.2 Å². The number of carbonyl (C=O) groups is 2. The second-order valence-electron chi connectivity index (χ2n) is 4.32. The fourth-order valence-electron chi connectivity index (χ4n) is 1.61. The van der Waals surface area contributed by atoms with E-state index in [1.165, 1.54) is 13.2 Å². The molecule has 1 rings (SSSR count). The van der Waals surface area contributed by atoms with E-state index >= 15 is 0 Å². The number of ketones is 1. The first-order chi connectivity index (χ1) is 9.65. The molecule has 104 valence electrons. The Morgan fingerprint density at radius 1 is 1.20 bits per heavy atom. The van der Waals surface area contributed by atoms with Crippen molar-refractivity contribution in [1.29, 1.82) is 5.26 Å². The molecule has 0 aliphatic heterocycles. The van der Waals surface area contributed by atoms with Crippen molar-refractivity contribution in [3.05, 3.63) is 41.5 Å². The number of hydrogen-bond donors (Lipinski definition) is 0. The van der Waals surface area contributed by atoms with Crippen LogP contribution in [0, 0.1) is 11.3 Å². The molecule has 4 nitrogen and oxygen atoms in total. The molecule has 0 aliphatic rings. The van der Waals surface area contributed by atoms with Crippen LogP contribution in [0.4, 0.5) is 0 Å². The lowest BCUT2D eigenvalue weighted by Crippen LogP contribution is -2.00. The van der Waals surface area contributed by atoms with Crippen LogP contribution < -0.4 is 0 Å². The number of hydrogen-bond acceptors (Lipinski definition) is 4. The van der Waals surface area contributed by atoms with Gasteiger partial charge in [0.2, 0.25) is 0 Å². The van der Waals surface area contributed by atoms with Crippen LogP contribution >= 0.6 is 0 Å². The Bertz CT molecular complexity index is 524. The Morgan fingerprint density at radius 2 is 1.85 bits per heavy atom. The van der Waals surface area contributed by atoms with Gasteiger partial charge in [0.15, 0.2) is 5.78 Å². The van der Waals surface area contributed by atoms with Crippen LogP contribution in [0.2, 0.25) is 0 Å². The molecule has 1 aromatic carbocycles. The van der Waals surface area contributed by atoms with Gasteiger partial charge >= 0.3 is 5.97 Å². The van der Waals surface area contributed by atoms with Crippen LogP contribution in [0.5, 0.6) is 0 Å². The molecule has 0 fully saturated rings. The molecular weight excluding hydrogens is 254 g/mol. The number of ether oxygens (including phenoxy) is 1. The molecule has 20 heavy (non-hydrogen) atoms. The largest absolute Gasteiger partial charge is 0.469 e. The summed E-state index contributed by atoms with van der Waals surface area (Å²) in [4.78, 5) is 22.5. The molecule has 0 saturated heterocycles. The van der Waals surface area contributed by atoms with E-state index in [0.717, 1.165) is 5.56 Å². The molecule has 0 spiro atoms. The van der Waals surface area contributed by atoms with Gasteiger partial charge in [-0.25, -0.2) is 0 Å². The predicted molar refractivity (Wildman–Crippen MR) is 75.7 cm³/mol. The summed E-state index contributed by atoms with van der Waals surface area (Å²) in [5.41, 5.74) is 1.48. The van der Waals surface area contributed by atoms with Crippen molar-refractivity contribution in [3.8, 4) is 6.07 Å². The van der Waals surface area contributed by atoms with Crippen LogP contribution in [-0.4, -0.2) is 18.9 Å². The maximum absolute atomic E-state index is 11.6. The van der Waals surface area contributed by atoms with Crippen molar-refractivity contribution >= 4 is 17.8 Å². The Labute approximate surface area is 118 Å². The van der Waals surface area contributed by atoms with E-state index in [1.807, 2.05) is 6.07 Å². The molecule has 0 aromatic heterocycles. The Morgan fingerprint density at radius 3 is 2.45 bits per heavy atom. The van der Waals surface area contributed by atoms with Gasteiger partial charge in [-0.15, -0.1) is 0 Å². The molecule has 0 aliphatic carbocycles. The van der Waals surface area contributed by atoms with Crippen molar-refractivity contribution in [1.82, 2.24) is 0 Å². The first-order valence-electron chi connectivity index (χ1n) is 6.43. The van der Waals surface area contributed by atoms with Gasteiger partial charge in [0.05, 0.1) is 18.7 Å². The van der Waals surface area contributed by atoms with E-state index in [1.54, 1.807) is 30.3 Å². The zero-order valence-electron chi connectivity index (χ0n) is 11.5. The third-order valence-corrected chi connectivity index (χ3v) is 2.78. The van der Waals surface area contributed by atoms with Gasteiger partial charge in [0, 0.05) is 12.8 Å². The standard InChI is InChI=1S/C16H17NO3/c1-20-16(19)5-3-2-4-15(18)11-10-13-6-8-14(12-17)9-7-13/h6-11H,2-5H2,1H3/b11-10+. The highest BCUT2D eigenvalue weighted by atomic mass is 16.5. The highest BCUT2D eigenvalue weighted by Gasteiger charge is 2.01. The number of rotatable bonds is 7. The Balaban J connectivity index is 2.32. The summed E-state index contributed by atoms with van der Waals surface area (Å²) in [6, 6.07) is 9.04. The fraction of sp³-hybridized carbons (Fsp3) is 0.312. The van der Waals surface area contributed by atoms with Crippen molar-refractivity contribution in [2.75, 3.05) is 7.11 Å². The second-order valence-corrected chi connectivity index (χ2v) is 4.32. The minimum absolute atomic E-state index is 0.0271. The summed E-state index contributed by atoms with van der Waals surface area (Å²) in [7, 11) is 1.35. The van der Waals surface area contributed by atoms with Crippen LogP contribution in [0.25, 0.3) is 6.08 Å². The maximum Gasteiger partial charge on any atom is 0.305 e. The number of nitrogens with zero attached hydrogens (tertiary/aromatic N) is 1. The number of unbranched alkanes of at least 4 members (excludes halogenated alkanes) is 1. The van der Waals surface area contributed by atoms with E-state index in [4.69, 9.17) is 5.26 Å². The average molecular weight is 271 g/mol. The lowest BCUT2D eigenvalue weighted by Gasteiger charge is -1.98. The number of nitriles is 1. The monoisotopic (exact) mass is 271 g/mol. The lowest BCUT2D eigenvalue weighted by molar-refractivity contribution is -0.140. The summed E-state index contributed by atoms with van der Waals surface area (Å²) in [5, 5.41) is 8.67. The first-order valence-corrected chi connectivity index (χ1v) is 6.43. The smallest absolute Gasteiger partial charge is 0.305 e. The molecule has 4 heteroatoms. The maximum atomic E-state index is 11.6. The lowest BCUT2D eigenvalue weighted by atomic mass is 10.1. The number of benzene rings is 1. The van der Waals surface area contributed by atoms with Gasteiger partial charge in [-0.05, 0) is 36.6 Å². The molecule has 0 amide bonds. The summed E-state index contributed by atoms with van der Waals surface area (Å²) in [6.45, 7) is 0. The van der Waals surface area contributed by atoms with Crippen molar-refractivity contribution in [2.24, 2.45) is 0 Å². The molecule has 0 radical (unpaired) electrons. The zero-order valence-corrected chi connectivity index (χ0v) is 11.5. The third-order valence-electron chi connectivity index (χ3n) is 2.78. The minimum atomic E-state index is -0.245. The highest BCUT2D eigenvalue weighted by molar-refractivity contribution is 5.93. The minimum Gasteiger partial charge on any atom is -0.469 e. The normalized spacial score (nSPS) is 10.2. The predicted octanol–water partition coefficient (Wildman–Crippen LogP) is 2.87. The van der Waals surface area contributed by atoms with E-state index in [-0.39, 0.29) is 11.8 Å². The molecule has 1 aromatic rings. The Hall–Kier alpha value is -2.41. The molecule has 0 saturated carbocycles. The number of methoxy groups -OCH3 is 1. The number of carbonyl (C=O) groups excluding carboxylic acids is 2. The zero-order chi connectivity index (χ0) is 14.8. The van der Waals surface area contributed by atoms with E-state index in [9.17, 15) is 9.59 Å². The summed E-state index contributed by atoms with van der Waals surface area (Å²) >= 11 is 0. The van der Waals surface area contributed by atoms with Crippen LogP contribution in [0.3, 0.4) is 0 Å². The van der Waals surface area contributed by atoms with Crippen molar-refractivity contribution in [3.63, 3.8) is 0 Å². The van der Waals surface area contributed by atoms with E-state index in [2.05, 4.69) is 4.74 Å². The van der Waals surface area contributed by atoms with Crippen molar-refractivity contribution < 1.29 is 14.3 Å². The summed E-state index contributed by atoms with van der Waals surface area (Å²) < 4.78 is 4.52. The topological polar surface area (TPSA) is 67.2 Å². The molecule has 0 bridgehead atoms. The van der Waals surface area contributed by atoms with Crippen LogP contribution in [0.15, 0.2) is 30.3 Å². The SMILES string of the molecule is COC(=O)CCCCC(=O)/C=C/c1ccc(C#N)cc1. The van der Waals surface area contributed by atoms with Crippen LogP contribution in [-0.2, 0) is 14.3 Å². The van der Waals surface area contributed by atoms with Gasteiger partial charge in [-0.3, -0.25) is 9.59 Å². The van der Waals surface area contributed by atoms with Crippen molar-refractivity contribution in [2.45, 2.75) is 25.7 Å². The van der Waals surface area contributed by atoms with Gasteiger partial charge in [0.1, 0.15) is 0 Å². The van der Waals surface area contributed by atoms with Gasteiger partial charge in [-0.2, -0.15) is 5.26 Å². The highest BCUT2D eigenvalue weighted by Crippen LogP contribution is 2.07. The second kappa shape index (κ2) is 8.65. The summed E-state index contributed by atoms with van der Waals surface area (Å²) in [5.74, 6) is -0.218. The van der Waals surface area contributed by atoms with E-state index < -0.39 is 0 Å². The molecule has 0 heterocycles. The van der Waals surface area contributed by atoms with Gasteiger partial charge in [-0.1, -0.05) is 18.2 Å². The van der Waals surface area contributed by atoms with Crippen LogP contribution in [0.1, 0.15) is 36.8 Å². The molecular formula is C16H17NO3. The van der Waals surface area contributed by atoms with Gasteiger partial charge < -0.3 is 4.74 Å². The first kappa shape index (κ1) is 15.6. The summed E-state index contributed by atoms with van der Waals surface area (Å²) in [6.07, 6.45) is 5.35.